The smallest absolute Gasteiger partial charge is 0.325 e. The Morgan fingerprint density at radius 2 is 1.22 bits per heavy atom. The Hall–Kier alpha value is -0.340. The molecule has 0 aromatic heterocycles. The number of unbranched alkanes of at least 4 members (excludes halogenated alkanes) is 3. The average Bonchev–Trinajstić information content (AvgIpc) is 2.44. The highest BCUT2D eigenvalue weighted by molar-refractivity contribution is 7.85. The fourth-order valence-electron chi connectivity index (χ4n) is 2.31. The molecule has 0 heterocycles. The highest BCUT2D eigenvalue weighted by Gasteiger charge is 2.25. The monoisotopic (exact) mass is 364 g/mol. The SMILES string of the molecule is CC[N+](CC)(CC)CC.O=S(=O)(O)CCCCCCC(F)(F)F. The molecule has 0 spiro atoms. The van der Waals surface area contributed by atoms with Gasteiger partial charge in [0.05, 0.1) is 31.9 Å². The van der Waals surface area contributed by atoms with Gasteiger partial charge >= 0.3 is 6.18 Å². The molecule has 0 fully saturated rings. The molecule has 0 amide bonds. The third-order valence-electron chi connectivity index (χ3n) is 4.30. The Morgan fingerprint density at radius 3 is 1.48 bits per heavy atom. The lowest BCUT2D eigenvalue weighted by molar-refractivity contribution is -0.921. The molecule has 0 radical (unpaired) electrons. The van der Waals surface area contributed by atoms with Gasteiger partial charge in [-0.15, -0.1) is 0 Å². The summed E-state index contributed by atoms with van der Waals surface area (Å²) in [5, 5.41) is 0. The van der Waals surface area contributed by atoms with Crippen LogP contribution in [0.4, 0.5) is 13.2 Å². The summed E-state index contributed by atoms with van der Waals surface area (Å²) >= 11 is 0. The van der Waals surface area contributed by atoms with Crippen LogP contribution in [0.1, 0.15) is 59.8 Å². The summed E-state index contributed by atoms with van der Waals surface area (Å²) in [5.41, 5.74) is 0. The van der Waals surface area contributed by atoms with Crippen LogP contribution in [0.5, 0.6) is 0 Å². The second-order valence-corrected chi connectivity index (χ2v) is 7.24. The molecule has 0 saturated carbocycles. The number of quaternary nitrogens is 1. The van der Waals surface area contributed by atoms with Crippen molar-refractivity contribution < 1.29 is 30.6 Å². The zero-order chi connectivity index (χ0) is 18.6. The first-order valence-corrected chi connectivity index (χ1v) is 9.93. The van der Waals surface area contributed by atoms with Crippen LogP contribution in [0.2, 0.25) is 0 Å². The fourth-order valence-corrected chi connectivity index (χ4v) is 2.87. The van der Waals surface area contributed by atoms with E-state index in [4.69, 9.17) is 4.55 Å². The average molecular weight is 364 g/mol. The maximum absolute atomic E-state index is 11.6. The first kappa shape index (κ1) is 24.9. The minimum atomic E-state index is -4.14. The highest BCUT2D eigenvalue weighted by atomic mass is 32.2. The standard InChI is InChI=1S/C8H20N.C7H13F3O3S/c1-5-9(6-2,7-3)8-4;8-7(9,10)5-3-1-2-4-6-14(11,12)13/h5-8H2,1-4H3;1-6H2,(H,11,12,13)/q+1;. The lowest BCUT2D eigenvalue weighted by Gasteiger charge is -2.34. The van der Waals surface area contributed by atoms with Gasteiger partial charge in [-0.25, -0.2) is 0 Å². The van der Waals surface area contributed by atoms with E-state index >= 15 is 0 Å². The third kappa shape index (κ3) is 16.3. The Morgan fingerprint density at radius 1 is 0.826 bits per heavy atom. The second kappa shape index (κ2) is 12.1. The van der Waals surface area contributed by atoms with Gasteiger partial charge in [0.15, 0.2) is 0 Å². The Bertz CT molecular complexity index is 362. The van der Waals surface area contributed by atoms with E-state index in [1.54, 1.807) is 0 Å². The molecule has 0 saturated heterocycles. The van der Waals surface area contributed by atoms with Crippen LogP contribution >= 0.6 is 0 Å². The molecule has 0 aliphatic carbocycles. The molecule has 0 aliphatic rings. The molecule has 23 heavy (non-hydrogen) atoms. The van der Waals surface area contributed by atoms with Gasteiger partial charge in [-0.1, -0.05) is 12.8 Å². The van der Waals surface area contributed by atoms with Crippen LogP contribution in [0.25, 0.3) is 0 Å². The van der Waals surface area contributed by atoms with Crippen molar-refractivity contribution in [1.29, 1.82) is 0 Å². The van der Waals surface area contributed by atoms with E-state index in [2.05, 4.69) is 27.7 Å². The van der Waals surface area contributed by atoms with Crippen molar-refractivity contribution in [2.45, 2.75) is 66.0 Å². The van der Waals surface area contributed by atoms with Gasteiger partial charge < -0.3 is 4.48 Å². The number of halogens is 3. The number of nitrogens with zero attached hydrogens (tertiary/aromatic N) is 1. The van der Waals surface area contributed by atoms with Gasteiger partial charge in [-0.05, 0) is 40.5 Å². The third-order valence-corrected chi connectivity index (χ3v) is 5.10. The molecule has 0 atom stereocenters. The topological polar surface area (TPSA) is 54.4 Å². The molecule has 8 heteroatoms. The maximum atomic E-state index is 11.6. The van der Waals surface area contributed by atoms with E-state index in [0.29, 0.717) is 12.8 Å². The van der Waals surface area contributed by atoms with Gasteiger partial charge in [0.1, 0.15) is 0 Å². The summed E-state index contributed by atoms with van der Waals surface area (Å²) in [6, 6.07) is 0. The molecule has 4 nitrogen and oxygen atoms in total. The van der Waals surface area contributed by atoms with Crippen molar-refractivity contribution in [3.8, 4) is 0 Å². The Balaban J connectivity index is 0. The maximum Gasteiger partial charge on any atom is 0.389 e. The molecule has 0 aromatic rings. The molecular formula is C15H33F3NO3S+. The van der Waals surface area contributed by atoms with Crippen molar-refractivity contribution in [2.24, 2.45) is 0 Å². The first-order valence-electron chi connectivity index (χ1n) is 8.32. The predicted molar refractivity (Wildman–Crippen MR) is 88.0 cm³/mol. The van der Waals surface area contributed by atoms with Crippen molar-refractivity contribution in [2.75, 3.05) is 31.9 Å². The van der Waals surface area contributed by atoms with Gasteiger partial charge in [0, 0.05) is 6.42 Å². The highest BCUT2D eigenvalue weighted by Crippen LogP contribution is 2.22. The minimum absolute atomic E-state index is 0.00890. The van der Waals surface area contributed by atoms with Crippen molar-refractivity contribution in [3.63, 3.8) is 0 Å². The van der Waals surface area contributed by atoms with Crippen molar-refractivity contribution in [1.82, 2.24) is 0 Å². The number of hydrogen-bond donors (Lipinski definition) is 1. The summed E-state index contributed by atoms with van der Waals surface area (Å²) in [6.07, 6.45) is -4.04. The van der Waals surface area contributed by atoms with Crippen LogP contribution in [0.15, 0.2) is 0 Å². The molecule has 0 aromatic carbocycles. The van der Waals surface area contributed by atoms with E-state index in [-0.39, 0.29) is 18.6 Å². The van der Waals surface area contributed by atoms with Crippen LogP contribution in [0.3, 0.4) is 0 Å². The minimum Gasteiger partial charge on any atom is -0.325 e. The van der Waals surface area contributed by atoms with Gasteiger partial charge in [0.25, 0.3) is 10.1 Å². The lowest BCUT2D eigenvalue weighted by Crippen LogP contribution is -2.47. The largest absolute Gasteiger partial charge is 0.389 e. The van der Waals surface area contributed by atoms with Crippen molar-refractivity contribution >= 4 is 10.1 Å². The molecule has 0 bridgehead atoms. The van der Waals surface area contributed by atoms with Crippen LogP contribution in [-0.2, 0) is 10.1 Å². The molecule has 0 aliphatic heterocycles. The zero-order valence-electron chi connectivity index (χ0n) is 14.8. The predicted octanol–water partition coefficient (Wildman–Crippen LogP) is 4.27. The second-order valence-electron chi connectivity index (χ2n) is 5.67. The van der Waals surface area contributed by atoms with Crippen LogP contribution in [0, 0.1) is 0 Å². The molecule has 0 rings (SSSR count). The first-order chi connectivity index (χ1) is 10.4. The van der Waals surface area contributed by atoms with Gasteiger partial charge in [-0.2, -0.15) is 21.6 Å². The number of alkyl halides is 3. The normalized spacial score (nSPS) is 12.7. The summed E-state index contributed by atoms with van der Waals surface area (Å²) in [6.45, 7) is 14.2. The van der Waals surface area contributed by atoms with Crippen LogP contribution < -0.4 is 0 Å². The van der Waals surface area contributed by atoms with Gasteiger partial charge in [-0.3, -0.25) is 4.55 Å². The Labute approximate surface area is 139 Å². The molecule has 1 N–H and O–H groups in total. The fraction of sp³-hybridized carbons (Fsp3) is 1.00. The summed E-state index contributed by atoms with van der Waals surface area (Å²) in [5.74, 6) is -0.376. The van der Waals surface area contributed by atoms with E-state index in [9.17, 15) is 21.6 Å². The molecule has 0 unspecified atom stereocenters. The number of rotatable bonds is 10. The van der Waals surface area contributed by atoms with Gasteiger partial charge in [0.2, 0.25) is 0 Å². The van der Waals surface area contributed by atoms with Crippen LogP contribution in [-0.4, -0.2) is 55.6 Å². The quantitative estimate of drug-likeness (QED) is 0.358. The van der Waals surface area contributed by atoms with E-state index in [0.717, 1.165) is 0 Å². The number of hydrogen-bond acceptors (Lipinski definition) is 2. The van der Waals surface area contributed by atoms with E-state index in [1.807, 2.05) is 0 Å². The van der Waals surface area contributed by atoms with E-state index < -0.39 is 22.7 Å². The van der Waals surface area contributed by atoms with Crippen molar-refractivity contribution in [3.05, 3.63) is 0 Å². The Kier molecular flexibility index (Phi) is 13.1. The summed E-state index contributed by atoms with van der Waals surface area (Å²) < 4.78 is 64.8. The zero-order valence-corrected chi connectivity index (χ0v) is 15.6. The molecular weight excluding hydrogens is 331 g/mol. The molecule has 142 valence electrons. The van der Waals surface area contributed by atoms with E-state index in [1.165, 1.54) is 30.7 Å². The summed E-state index contributed by atoms with van der Waals surface area (Å²) in [4.78, 5) is 0. The summed E-state index contributed by atoms with van der Waals surface area (Å²) in [7, 11) is -3.96. The lowest BCUT2D eigenvalue weighted by atomic mass is 10.1.